The van der Waals surface area contributed by atoms with Crippen LogP contribution in [0.1, 0.15) is 164 Å². The predicted molar refractivity (Wildman–Crippen MR) is 211 cm³/mol. The summed E-state index contributed by atoms with van der Waals surface area (Å²) in [5.74, 6) is -9.28. The second-order valence-electron chi connectivity index (χ2n) is 20.7. The van der Waals surface area contributed by atoms with Crippen LogP contribution in [0, 0.1) is 43.3 Å². The van der Waals surface area contributed by atoms with Gasteiger partial charge in [-0.05, 0) is 55.4 Å². The van der Waals surface area contributed by atoms with Gasteiger partial charge in [0.15, 0.2) is 23.1 Å². The molecule has 61 heavy (non-hydrogen) atoms. The Morgan fingerprint density at radius 3 is 0.410 bits per heavy atom. The predicted octanol–water partition coefficient (Wildman–Crippen LogP) is 1.35. The molecular formula is C44H68O16Ti. The Labute approximate surface area is 376 Å². The van der Waals surface area contributed by atoms with Gasteiger partial charge in [-0.25, -0.2) is 0 Å². The van der Waals surface area contributed by atoms with Crippen molar-refractivity contribution in [1.82, 2.24) is 0 Å². The second-order valence-corrected chi connectivity index (χ2v) is 20.7. The SMILES string of the molecule is CC(C)(C)C(=O)CC(=O)C(C)(C)C(=O)[O-].CC(C)(C)C(=O)CC(=O)C(C)(C)C(=O)[O-].CC(C)(C)C(=O)CC(=O)C(C)(C)C(=O)[O-].CC(C)(C)C(=O)CC(=O)C(C)(C)C(=O)[O-].[Ti+4]. The minimum atomic E-state index is -1.60. The van der Waals surface area contributed by atoms with Crippen LogP contribution in [-0.2, 0) is 79.3 Å². The Morgan fingerprint density at radius 2 is 0.344 bits per heavy atom. The van der Waals surface area contributed by atoms with Crippen LogP contribution in [0.25, 0.3) is 0 Å². The average molecular weight is 901 g/mol. The molecule has 0 aliphatic rings. The molecule has 0 rings (SSSR count). The molecule has 0 atom stereocenters. The van der Waals surface area contributed by atoms with Crippen molar-refractivity contribution in [2.45, 2.75) is 164 Å². The monoisotopic (exact) mass is 900 g/mol. The van der Waals surface area contributed by atoms with Crippen LogP contribution in [-0.4, -0.2) is 70.1 Å². The molecule has 0 aromatic rings. The molecule has 0 aliphatic heterocycles. The second kappa shape index (κ2) is 24.0. The molecular weight excluding hydrogens is 832 g/mol. The maximum Gasteiger partial charge on any atom is 4.00 e. The molecule has 0 aliphatic carbocycles. The number of carboxylic acids is 4. The maximum atomic E-state index is 11.5. The van der Waals surface area contributed by atoms with Gasteiger partial charge < -0.3 is 39.6 Å². The topological polar surface area (TPSA) is 297 Å². The van der Waals surface area contributed by atoms with Gasteiger partial charge in [0.2, 0.25) is 0 Å². The largest absolute Gasteiger partial charge is 4.00 e. The Hall–Kier alpha value is -4.05. The number of carboxylic acid groups (broad SMARTS) is 4. The van der Waals surface area contributed by atoms with Gasteiger partial charge in [0, 0.05) is 21.7 Å². The van der Waals surface area contributed by atoms with Crippen molar-refractivity contribution in [3.05, 3.63) is 0 Å². The molecule has 16 nitrogen and oxygen atoms in total. The molecule has 0 radical (unpaired) electrons. The zero-order valence-electron chi connectivity index (χ0n) is 39.9. The summed E-state index contributed by atoms with van der Waals surface area (Å²) in [5, 5.41) is 42.6. The van der Waals surface area contributed by atoms with Gasteiger partial charge in [-0.1, -0.05) is 83.1 Å². The summed E-state index contributed by atoms with van der Waals surface area (Å²) < 4.78 is 0. The molecule has 0 amide bonds. The van der Waals surface area contributed by atoms with E-state index in [0.717, 1.165) is 0 Å². The Bertz CT molecular complexity index is 1430. The van der Waals surface area contributed by atoms with Gasteiger partial charge in [-0.15, -0.1) is 0 Å². The third-order valence-electron chi connectivity index (χ3n) is 9.46. The molecule has 0 aromatic carbocycles. The van der Waals surface area contributed by atoms with Gasteiger partial charge in [0.25, 0.3) is 0 Å². The van der Waals surface area contributed by atoms with Crippen LogP contribution in [0.15, 0.2) is 0 Å². The van der Waals surface area contributed by atoms with Gasteiger partial charge in [0.1, 0.15) is 23.1 Å². The van der Waals surface area contributed by atoms with Gasteiger partial charge in [0.05, 0.1) is 71.2 Å². The van der Waals surface area contributed by atoms with Crippen molar-refractivity contribution >= 4 is 70.1 Å². The molecule has 0 unspecified atom stereocenters. The number of ketones is 8. The minimum absolute atomic E-state index is 0. The first-order chi connectivity index (χ1) is 26.0. The van der Waals surface area contributed by atoms with Crippen molar-refractivity contribution in [3.63, 3.8) is 0 Å². The maximum absolute atomic E-state index is 11.5. The van der Waals surface area contributed by atoms with Crippen LogP contribution >= 0.6 is 0 Å². The van der Waals surface area contributed by atoms with E-state index in [-0.39, 0.29) is 70.5 Å². The number of Topliss-reactive ketones (excluding diaryl/α,β-unsaturated/α-hetero) is 8. The molecule has 0 aromatic heterocycles. The van der Waals surface area contributed by atoms with Crippen LogP contribution in [0.2, 0.25) is 0 Å². The molecule has 17 heteroatoms. The van der Waals surface area contributed by atoms with Crippen LogP contribution in [0.4, 0.5) is 0 Å². The first-order valence-electron chi connectivity index (χ1n) is 19.1. The van der Waals surface area contributed by atoms with E-state index in [1.165, 1.54) is 55.4 Å². The van der Waals surface area contributed by atoms with Crippen molar-refractivity contribution in [3.8, 4) is 0 Å². The fourth-order valence-corrected chi connectivity index (χ4v) is 2.98. The summed E-state index contributed by atoms with van der Waals surface area (Å²) in [5.41, 5.74) is -8.89. The average Bonchev–Trinajstić information content (AvgIpc) is 3.03. The summed E-state index contributed by atoms with van der Waals surface area (Å²) in [6, 6.07) is 0. The van der Waals surface area contributed by atoms with E-state index in [2.05, 4.69) is 0 Å². The molecule has 344 valence electrons. The molecule has 0 heterocycles. The third kappa shape index (κ3) is 23.1. The van der Waals surface area contributed by atoms with Gasteiger partial charge >= 0.3 is 21.7 Å². The summed E-state index contributed by atoms with van der Waals surface area (Å²) in [7, 11) is 0. The molecule has 0 fully saturated rings. The van der Waals surface area contributed by atoms with Crippen LogP contribution < -0.4 is 20.4 Å². The van der Waals surface area contributed by atoms with E-state index >= 15 is 0 Å². The summed E-state index contributed by atoms with van der Waals surface area (Å²) in [6.45, 7) is 30.3. The number of carbonyl (C=O) groups is 12. The minimum Gasteiger partial charge on any atom is -0.549 e. The van der Waals surface area contributed by atoms with Crippen molar-refractivity contribution in [2.75, 3.05) is 0 Å². The summed E-state index contributed by atoms with van der Waals surface area (Å²) >= 11 is 0. The van der Waals surface area contributed by atoms with Crippen LogP contribution in [0.3, 0.4) is 0 Å². The molecule has 0 saturated carbocycles. The zero-order chi connectivity index (χ0) is 49.8. The van der Waals surface area contributed by atoms with E-state index < -0.39 is 90.3 Å². The third-order valence-corrected chi connectivity index (χ3v) is 9.46. The first-order valence-corrected chi connectivity index (χ1v) is 19.1. The Balaban J connectivity index is -0.000000227. The number of aliphatic carboxylic acids is 4. The molecule has 0 saturated heterocycles. The molecule has 0 spiro atoms. The number of hydrogen-bond donors (Lipinski definition) is 0. The number of carbonyl (C=O) groups excluding carboxylic acids is 12. The fraction of sp³-hybridized carbons (Fsp3) is 0.727. The smallest absolute Gasteiger partial charge is 0.549 e. The Morgan fingerprint density at radius 1 is 0.246 bits per heavy atom. The van der Waals surface area contributed by atoms with Gasteiger partial charge in [-0.2, -0.15) is 0 Å². The van der Waals surface area contributed by atoms with E-state index in [9.17, 15) is 78.0 Å². The van der Waals surface area contributed by atoms with Crippen molar-refractivity contribution in [2.24, 2.45) is 43.3 Å². The summed E-state index contributed by atoms with van der Waals surface area (Å²) in [4.78, 5) is 135. The fourth-order valence-electron chi connectivity index (χ4n) is 2.98. The molecule has 0 N–H and O–H groups in total. The van der Waals surface area contributed by atoms with E-state index in [0.29, 0.717) is 0 Å². The Kier molecular flexibility index (Phi) is 26.0. The number of rotatable bonds is 16. The van der Waals surface area contributed by atoms with E-state index in [1.54, 1.807) is 83.1 Å². The van der Waals surface area contributed by atoms with E-state index in [4.69, 9.17) is 0 Å². The molecule has 0 bridgehead atoms. The van der Waals surface area contributed by atoms with E-state index in [1.807, 2.05) is 0 Å². The van der Waals surface area contributed by atoms with Crippen molar-refractivity contribution < 1.29 is 99.7 Å². The standard InChI is InChI=1S/4C11H18O4.Ti/c4*1-10(2,3)7(12)6-8(13)11(4,5)9(14)15;/h4*6H2,1-5H3,(H,14,15);/q;;;;+4/p-4. The number of hydrogen-bond acceptors (Lipinski definition) is 16. The summed E-state index contributed by atoms with van der Waals surface area (Å²) in [6.07, 6.45) is -1.43. The quantitative estimate of drug-likeness (QED) is 0.156. The van der Waals surface area contributed by atoms with Gasteiger partial charge in [-0.3, -0.25) is 38.4 Å². The van der Waals surface area contributed by atoms with Crippen molar-refractivity contribution in [1.29, 1.82) is 0 Å². The zero-order valence-corrected chi connectivity index (χ0v) is 41.4. The normalized spacial score (nSPS) is 12.1. The first kappa shape index (κ1) is 66.1. The van der Waals surface area contributed by atoms with Crippen LogP contribution in [0.5, 0.6) is 0 Å².